The van der Waals surface area contributed by atoms with Gasteiger partial charge >= 0.3 is 0 Å². The molecule has 1 atom stereocenters. The molecule has 1 spiro atoms. The van der Waals surface area contributed by atoms with Gasteiger partial charge in [0.25, 0.3) is 11.8 Å². The molecule has 2 amide bonds. The highest BCUT2D eigenvalue weighted by Crippen LogP contribution is 2.31. The topological polar surface area (TPSA) is 59.1 Å². The van der Waals surface area contributed by atoms with Gasteiger partial charge < -0.3 is 19.3 Å². The van der Waals surface area contributed by atoms with Crippen LogP contribution < -0.4 is 4.74 Å². The standard InChI is InChI=1S/C28H35ClN2O4/c1-2-3-16-30-17-19-34-25-14-7-4-10-22(25)11-8-9-15-28(27(30)33)21-31(18-20-35-28)26(32)23-12-5-6-13-24(23)29/h4-7,10,12-14H,2-3,8-9,11,15-21H2,1H3. The Labute approximate surface area is 213 Å². The number of carbonyl (C=O) groups excluding carboxylic acids is 2. The number of hydrogen-bond donors (Lipinski definition) is 0. The van der Waals surface area contributed by atoms with E-state index in [1.165, 1.54) is 5.56 Å². The van der Waals surface area contributed by atoms with Crippen LogP contribution in [0.2, 0.25) is 5.02 Å². The maximum atomic E-state index is 14.0. The lowest BCUT2D eigenvalue weighted by atomic mass is 9.90. The molecule has 7 heteroatoms. The normalized spacial score (nSPS) is 21.6. The number of nitrogens with zero attached hydrogens (tertiary/aromatic N) is 2. The quantitative estimate of drug-likeness (QED) is 0.596. The molecule has 1 fully saturated rings. The van der Waals surface area contributed by atoms with Crippen LogP contribution >= 0.6 is 11.6 Å². The Hall–Kier alpha value is -2.57. The molecule has 35 heavy (non-hydrogen) atoms. The molecule has 0 aromatic heterocycles. The van der Waals surface area contributed by atoms with Gasteiger partial charge in [0, 0.05) is 13.1 Å². The number of hydrogen-bond acceptors (Lipinski definition) is 4. The average Bonchev–Trinajstić information content (AvgIpc) is 2.88. The van der Waals surface area contributed by atoms with Gasteiger partial charge in [-0.05, 0) is 55.9 Å². The van der Waals surface area contributed by atoms with E-state index >= 15 is 0 Å². The summed E-state index contributed by atoms with van der Waals surface area (Å²) in [6, 6.07) is 15.2. The van der Waals surface area contributed by atoms with Gasteiger partial charge in [0.1, 0.15) is 12.4 Å². The number of fused-ring (bicyclic) bond motifs is 1. The van der Waals surface area contributed by atoms with Crippen molar-refractivity contribution in [3.05, 3.63) is 64.7 Å². The smallest absolute Gasteiger partial charge is 0.256 e. The van der Waals surface area contributed by atoms with E-state index in [0.717, 1.165) is 37.9 Å². The highest BCUT2D eigenvalue weighted by molar-refractivity contribution is 6.33. The van der Waals surface area contributed by atoms with Crippen LogP contribution in [0.25, 0.3) is 0 Å². The molecule has 0 radical (unpaired) electrons. The minimum atomic E-state index is -1.05. The minimum absolute atomic E-state index is 0.0416. The molecule has 2 aromatic carbocycles. The largest absolute Gasteiger partial charge is 0.491 e. The number of benzene rings is 2. The Morgan fingerprint density at radius 3 is 2.69 bits per heavy atom. The fourth-order valence-corrected chi connectivity index (χ4v) is 5.16. The third-order valence-corrected chi connectivity index (χ3v) is 7.23. The van der Waals surface area contributed by atoms with Crippen molar-refractivity contribution in [2.45, 2.75) is 51.0 Å². The second-order valence-corrected chi connectivity index (χ2v) is 9.77. The molecular weight excluding hydrogens is 464 g/mol. The van der Waals surface area contributed by atoms with E-state index in [-0.39, 0.29) is 18.4 Å². The van der Waals surface area contributed by atoms with E-state index in [1.807, 2.05) is 29.2 Å². The van der Waals surface area contributed by atoms with E-state index in [0.29, 0.717) is 49.9 Å². The molecular formula is C28H35ClN2O4. The lowest BCUT2D eigenvalue weighted by Crippen LogP contribution is -2.62. The molecule has 4 rings (SSSR count). The number of ether oxygens (including phenoxy) is 2. The highest BCUT2D eigenvalue weighted by Gasteiger charge is 2.46. The van der Waals surface area contributed by atoms with Crippen LogP contribution in [0.1, 0.15) is 54.9 Å². The highest BCUT2D eigenvalue weighted by atomic mass is 35.5. The monoisotopic (exact) mass is 498 g/mol. The first kappa shape index (κ1) is 25.5. The van der Waals surface area contributed by atoms with Gasteiger partial charge in [-0.3, -0.25) is 9.59 Å². The average molecular weight is 499 g/mol. The van der Waals surface area contributed by atoms with Crippen LogP contribution in [0.3, 0.4) is 0 Å². The van der Waals surface area contributed by atoms with Crippen molar-refractivity contribution in [3.63, 3.8) is 0 Å². The van der Waals surface area contributed by atoms with Crippen molar-refractivity contribution < 1.29 is 19.1 Å². The van der Waals surface area contributed by atoms with Gasteiger partial charge in [0.15, 0.2) is 5.60 Å². The van der Waals surface area contributed by atoms with Crippen molar-refractivity contribution in [1.29, 1.82) is 0 Å². The Kier molecular flexibility index (Phi) is 8.69. The molecule has 1 saturated heterocycles. The molecule has 2 aliphatic heterocycles. The number of unbranched alkanes of at least 4 members (excludes halogenated alkanes) is 1. The van der Waals surface area contributed by atoms with E-state index in [4.69, 9.17) is 21.1 Å². The first-order valence-electron chi connectivity index (χ1n) is 12.7. The Morgan fingerprint density at radius 2 is 1.86 bits per heavy atom. The lowest BCUT2D eigenvalue weighted by molar-refractivity contribution is -0.170. The first-order chi connectivity index (χ1) is 17.0. The number of amides is 2. The zero-order valence-corrected chi connectivity index (χ0v) is 21.3. The summed E-state index contributed by atoms with van der Waals surface area (Å²) in [5.41, 5.74) is 0.593. The number of morpholine rings is 1. The third-order valence-electron chi connectivity index (χ3n) is 6.90. The third kappa shape index (κ3) is 5.99. The summed E-state index contributed by atoms with van der Waals surface area (Å²) in [4.78, 5) is 31.0. The van der Waals surface area contributed by atoms with Gasteiger partial charge in [-0.15, -0.1) is 0 Å². The predicted molar refractivity (Wildman–Crippen MR) is 137 cm³/mol. The molecule has 0 saturated carbocycles. The van der Waals surface area contributed by atoms with E-state index in [1.54, 1.807) is 23.1 Å². The lowest BCUT2D eigenvalue weighted by Gasteiger charge is -2.44. The molecule has 2 aliphatic rings. The van der Waals surface area contributed by atoms with Crippen LogP contribution in [0.5, 0.6) is 5.75 Å². The van der Waals surface area contributed by atoms with Gasteiger partial charge in [-0.2, -0.15) is 0 Å². The van der Waals surface area contributed by atoms with Gasteiger partial charge in [-0.25, -0.2) is 0 Å². The molecule has 1 unspecified atom stereocenters. The molecule has 6 nitrogen and oxygen atoms in total. The van der Waals surface area contributed by atoms with Crippen molar-refractivity contribution >= 4 is 23.4 Å². The van der Waals surface area contributed by atoms with Crippen molar-refractivity contribution in [2.75, 3.05) is 39.4 Å². The summed E-state index contributed by atoms with van der Waals surface area (Å²) in [6.07, 6.45) is 5.06. The van der Waals surface area contributed by atoms with Gasteiger partial charge in [0.2, 0.25) is 0 Å². The zero-order chi connectivity index (χ0) is 24.7. The number of rotatable bonds is 4. The van der Waals surface area contributed by atoms with Gasteiger partial charge in [0.05, 0.1) is 30.3 Å². The summed E-state index contributed by atoms with van der Waals surface area (Å²) in [5.74, 6) is 0.700. The van der Waals surface area contributed by atoms with Crippen molar-refractivity contribution in [2.24, 2.45) is 0 Å². The predicted octanol–water partition coefficient (Wildman–Crippen LogP) is 4.99. The molecule has 0 bridgehead atoms. The summed E-state index contributed by atoms with van der Waals surface area (Å²) in [6.45, 7) is 4.65. The number of carbonyl (C=O) groups is 2. The molecule has 2 aromatic rings. The number of halogens is 1. The van der Waals surface area contributed by atoms with Crippen LogP contribution in [-0.2, 0) is 16.0 Å². The van der Waals surface area contributed by atoms with Crippen molar-refractivity contribution in [1.82, 2.24) is 9.80 Å². The first-order valence-corrected chi connectivity index (χ1v) is 13.1. The molecule has 0 N–H and O–H groups in total. The summed E-state index contributed by atoms with van der Waals surface area (Å²) in [5, 5.41) is 0.420. The van der Waals surface area contributed by atoms with E-state index in [9.17, 15) is 9.59 Å². The fraction of sp³-hybridized carbons (Fsp3) is 0.500. The summed E-state index contributed by atoms with van der Waals surface area (Å²) in [7, 11) is 0. The second-order valence-electron chi connectivity index (χ2n) is 9.36. The Morgan fingerprint density at radius 1 is 1.06 bits per heavy atom. The zero-order valence-electron chi connectivity index (χ0n) is 20.5. The Balaban J connectivity index is 1.59. The number of para-hydroxylation sites is 1. The molecule has 2 heterocycles. The van der Waals surface area contributed by atoms with Crippen LogP contribution in [0, 0.1) is 0 Å². The second kappa shape index (κ2) is 11.9. The number of aryl methyl sites for hydroxylation is 1. The molecule has 188 valence electrons. The Bertz CT molecular complexity index is 1030. The van der Waals surface area contributed by atoms with Crippen molar-refractivity contribution in [3.8, 4) is 5.75 Å². The maximum Gasteiger partial charge on any atom is 0.256 e. The van der Waals surface area contributed by atoms with Crippen LogP contribution in [0.15, 0.2) is 48.5 Å². The SMILES string of the molecule is CCCCN1CCOc2ccccc2CCCCC2(CN(C(=O)c3ccccc3Cl)CCO2)C1=O. The van der Waals surface area contributed by atoms with Crippen LogP contribution in [-0.4, -0.2) is 66.6 Å². The maximum absolute atomic E-state index is 14.0. The van der Waals surface area contributed by atoms with Gasteiger partial charge in [-0.1, -0.05) is 55.3 Å². The minimum Gasteiger partial charge on any atom is -0.491 e. The summed E-state index contributed by atoms with van der Waals surface area (Å²) >= 11 is 6.32. The van der Waals surface area contributed by atoms with E-state index < -0.39 is 5.60 Å². The summed E-state index contributed by atoms with van der Waals surface area (Å²) < 4.78 is 12.4. The molecule has 0 aliphatic carbocycles. The fourth-order valence-electron chi connectivity index (χ4n) is 4.95. The van der Waals surface area contributed by atoms with Crippen LogP contribution in [0.4, 0.5) is 0 Å². The van der Waals surface area contributed by atoms with E-state index in [2.05, 4.69) is 13.0 Å².